The number of fused-ring (bicyclic) bond motifs is 2. The Morgan fingerprint density at radius 3 is 2.74 bits per heavy atom. The largest absolute Gasteiger partial charge is 0.497 e. The van der Waals surface area contributed by atoms with Gasteiger partial charge in [-0.15, -0.1) is 0 Å². The molecule has 6 heteroatoms. The number of hydrogen-bond donors (Lipinski definition) is 1. The van der Waals surface area contributed by atoms with Crippen molar-refractivity contribution in [3.05, 3.63) is 59.9 Å². The highest BCUT2D eigenvalue weighted by Gasteiger charge is 2.61. The van der Waals surface area contributed by atoms with Crippen molar-refractivity contribution in [1.29, 1.82) is 0 Å². The first-order valence-corrected chi connectivity index (χ1v) is 9.15. The van der Waals surface area contributed by atoms with E-state index in [1.807, 2.05) is 30.3 Å². The van der Waals surface area contributed by atoms with Crippen molar-refractivity contribution in [2.75, 3.05) is 7.11 Å². The van der Waals surface area contributed by atoms with E-state index >= 15 is 0 Å². The highest BCUT2D eigenvalue weighted by molar-refractivity contribution is 5.94. The fourth-order valence-corrected chi connectivity index (χ4v) is 4.73. The van der Waals surface area contributed by atoms with E-state index < -0.39 is 11.4 Å². The van der Waals surface area contributed by atoms with Gasteiger partial charge in [-0.05, 0) is 37.3 Å². The Hall–Kier alpha value is -2.89. The van der Waals surface area contributed by atoms with Gasteiger partial charge in [-0.1, -0.05) is 30.3 Å². The molecular formula is C21H22N2O4. The van der Waals surface area contributed by atoms with Crippen LogP contribution in [0.1, 0.15) is 35.3 Å². The van der Waals surface area contributed by atoms with Gasteiger partial charge < -0.3 is 14.7 Å². The Bertz CT molecular complexity index is 869. The van der Waals surface area contributed by atoms with Crippen LogP contribution in [0.25, 0.3) is 0 Å². The number of aromatic nitrogens is 1. The summed E-state index contributed by atoms with van der Waals surface area (Å²) in [5.41, 5.74) is 0.338. The highest BCUT2D eigenvalue weighted by atomic mass is 16.5. The van der Waals surface area contributed by atoms with Crippen molar-refractivity contribution in [3.8, 4) is 5.75 Å². The van der Waals surface area contributed by atoms with Crippen molar-refractivity contribution >= 4 is 11.9 Å². The third kappa shape index (κ3) is 2.85. The van der Waals surface area contributed by atoms with Crippen LogP contribution in [0.5, 0.6) is 5.75 Å². The van der Waals surface area contributed by atoms with E-state index in [1.54, 1.807) is 30.3 Å². The number of carbonyl (C=O) groups is 2. The smallest absolute Gasteiger partial charge is 0.312 e. The quantitative estimate of drug-likeness (QED) is 0.880. The number of benzene rings is 1. The zero-order chi connectivity index (χ0) is 19.0. The van der Waals surface area contributed by atoms with Crippen molar-refractivity contribution in [2.24, 2.45) is 5.41 Å². The van der Waals surface area contributed by atoms with E-state index in [4.69, 9.17) is 4.74 Å². The molecule has 3 heterocycles. The Morgan fingerprint density at radius 1 is 1.26 bits per heavy atom. The predicted octanol–water partition coefficient (Wildman–Crippen LogP) is 2.78. The first-order chi connectivity index (χ1) is 13.0. The van der Waals surface area contributed by atoms with Crippen molar-refractivity contribution in [2.45, 2.75) is 37.8 Å². The summed E-state index contributed by atoms with van der Waals surface area (Å²) in [6, 6.07) is 12.6. The molecule has 0 unspecified atom stereocenters. The molecule has 1 N–H and O–H groups in total. The zero-order valence-electron chi connectivity index (χ0n) is 15.2. The minimum atomic E-state index is -0.946. The van der Waals surface area contributed by atoms with Gasteiger partial charge in [-0.2, -0.15) is 0 Å². The van der Waals surface area contributed by atoms with Gasteiger partial charge in [0.2, 0.25) is 0 Å². The van der Waals surface area contributed by atoms with Crippen LogP contribution in [-0.4, -0.2) is 46.1 Å². The summed E-state index contributed by atoms with van der Waals surface area (Å²) in [7, 11) is 1.54. The fourth-order valence-electron chi connectivity index (χ4n) is 4.73. The van der Waals surface area contributed by atoms with Crippen LogP contribution in [0.15, 0.2) is 48.7 Å². The van der Waals surface area contributed by atoms with Gasteiger partial charge in [0.1, 0.15) is 11.4 Å². The first kappa shape index (κ1) is 17.5. The number of pyridine rings is 1. The van der Waals surface area contributed by atoms with Crippen molar-refractivity contribution in [1.82, 2.24) is 9.88 Å². The van der Waals surface area contributed by atoms with Gasteiger partial charge in [0.25, 0.3) is 5.91 Å². The summed E-state index contributed by atoms with van der Waals surface area (Å²) in [6.45, 7) is 0. The molecule has 2 saturated heterocycles. The van der Waals surface area contributed by atoms with Crippen LogP contribution in [0.3, 0.4) is 0 Å². The lowest BCUT2D eigenvalue weighted by Crippen LogP contribution is -2.46. The molecule has 2 bridgehead atoms. The van der Waals surface area contributed by atoms with Crippen LogP contribution in [0, 0.1) is 5.41 Å². The summed E-state index contributed by atoms with van der Waals surface area (Å²) in [6.07, 6.45) is 4.00. The molecule has 1 amide bonds. The van der Waals surface area contributed by atoms with Crippen LogP contribution in [0.4, 0.5) is 0 Å². The second kappa shape index (κ2) is 6.68. The highest BCUT2D eigenvalue weighted by Crippen LogP contribution is 2.52. The summed E-state index contributed by atoms with van der Waals surface area (Å²) in [4.78, 5) is 31.5. The second-order valence-electron chi connectivity index (χ2n) is 7.37. The number of carboxylic acid groups (broad SMARTS) is 1. The van der Waals surface area contributed by atoms with Crippen LogP contribution < -0.4 is 4.74 Å². The molecule has 2 aliphatic heterocycles. The summed E-state index contributed by atoms with van der Waals surface area (Å²) in [5.74, 6) is -0.471. The summed E-state index contributed by atoms with van der Waals surface area (Å²) < 4.78 is 5.19. The minimum absolute atomic E-state index is 0.0599. The zero-order valence-corrected chi connectivity index (χ0v) is 15.2. The SMILES string of the molecule is COc1ccnc(C(=O)N2[C@H]3CC[C@@H]2[C@](Cc2ccccc2)(C(=O)O)C3)c1. The Kier molecular flexibility index (Phi) is 4.34. The Balaban J connectivity index is 1.66. The molecule has 1 aromatic carbocycles. The third-order valence-electron chi connectivity index (χ3n) is 5.95. The number of amides is 1. The topological polar surface area (TPSA) is 79.7 Å². The van der Waals surface area contributed by atoms with Gasteiger partial charge in [-0.3, -0.25) is 14.6 Å². The predicted molar refractivity (Wildman–Crippen MR) is 98.6 cm³/mol. The lowest BCUT2D eigenvalue weighted by atomic mass is 9.70. The van der Waals surface area contributed by atoms with Crippen LogP contribution in [-0.2, 0) is 11.2 Å². The molecule has 140 valence electrons. The molecule has 4 rings (SSSR count). The summed E-state index contributed by atoms with van der Waals surface area (Å²) >= 11 is 0. The lowest BCUT2D eigenvalue weighted by molar-refractivity contribution is -0.150. The number of nitrogens with zero attached hydrogens (tertiary/aromatic N) is 2. The maximum absolute atomic E-state index is 13.2. The number of carbonyl (C=O) groups excluding carboxylic acids is 1. The third-order valence-corrected chi connectivity index (χ3v) is 5.95. The fraction of sp³-hybridized carbons (Fsp3) is 0.381. The van der Waals surface area contributed by atoms with E-state index in [1.165, 1.54) is 0 Å². The average molecular weight is 366 g/mol. The molecule has 0 aliphatic carbocycles. The maximum Gasteiger partial charge on any atom is 0.312 e. The molecule has 2 fully saturated rings. The van der Waals surface area contributed by atoms with E-state index in [9.17, 15) is 14.7 Å². The molecule has 0 spiro atoms. The molecule has 6 nitrogen and oxygen atoms in total. The normalized spacial score (nSPS) is 26.2. The van der Waals surface area contributed by atoms with E-state index in [2.05, 4.69) is 4.98 Å². The number of carboxylic acids is 1. The van der Waals surface area contributed by atoms with E-state index in [0.29, 0.717) is 30.7 Å². The number of hydrogen-bond acceptors (Lipinski definition) is 4. The molecule has 1 aromatic heterocycles. The van der Waals surface area contributed by atoms with Crippen molar-refractivity contribution < 1.29 is 19.4 Å². The molecule has 0 radical (unpaired) electrons. The monoisotopic (exact) mass is 366 g/mol. The van der Waals surface area contributed by atoms with Crippen LogP contribution in [0.2, 0.25) is 0 Å². The average Bonchev–Trinajstić information content (AvgIpc) is 3.24. The maximum atomic E-state index is 13.2. The standard InChI is InChI=1S/C21H22N2O4/c1-27-16-9-10-22-17(11-16)19(24)23-15-7-8-18(23)21(13-15,20(25)26)12-14-5-3-2-4-6-14/h2-6,9-11,15,18H,7-8,12-13H2,1H3,(H,25,26)/t15-,18+,21+/m0/s1. The summed E-state index contributed by atoms with van der Waals surface area (Å²) in [5, 5.41) is 10.1. The molecule has 0 saturated carbocycles. The lowest BCUT2D eigenvalue weighted by Gasteiger charge is -2.33. The van der Waals surface area contributed by atoms with E-state index in [0.717, 1.165) is 12.0 Å². The number of aliphatic carboxylic acids is 1. The van der Waals surface area contributed by atoms with Crippen LogP contribution >= 0.6 is 0 Å². The Labute approximate surface area is 157 Å². The molecule has 2 aliphatic rings. The Morgan fingerprint density at radius 2 is 2.04 bits per heavy atom. The molecular weight excluding hydrogens is 344 g/mol. The first-order valence-electron chi connectivity index (χ1n) is 9.15. The minimum Gasteiger partial charge on any atom is -0.497 e. The second-order valence-corrected chi connectivity index (χ2v) is 7.37. The molecule has 3 atom stereocenters. The van der Waals surface area contributed by atoms with Gasteiger partial charge in [0.15, 0.2) is 0 Å². The number of methoxy groups -OCH3 is 1. The van der Waals surface area contributed by atoms with Crippen molar-refractivity contribution in [3.63, 3.8) is 0 Å². The number of rotatable bonds is 5. The van der Waals surface area contributed by atoms with Gasteiger partial charge >= 0.3 is 5.97 Å². The van der Waals surface area contributed by atoms with Gasteiger partial charge in [0.05, 0.1) is 12.5 Å². The molecule has 27 heavy (non-hydrogen) atoms. The number of ether oxygens (including phenoxy) is 1. The van der Waals surface area contributed by atoms with Gasteiger partial charge in [0, 0.05) is 24.3 Å². The van der Waals surface area contributed by atoms with Gasteiger partial charge in [-0.25, -0.2) is 0 Å². The van der Waals surface area contributed by atoms with E-state index in [-0.39, 0.29) is 18.0 Å². The molecule has 2 aromatic rings.